The van der Waals surface area contributed by atoms with Crippen molar-refractivity contribution in [3.63, 3.8) is 0 Å². The molecule has 1 unspecified atom stereocenters. The summed E-state index contributed by atoms with van der Waals surface area (Å²) in [5, 5.41) is 9.43. The SMILES string of the molecule is Cc1c(S(=O)(=O)NCP(=O)(O)Oc2ccc(C#N)c(C(F)(F)F)c2)sc2ccc(OCCN)c(Cl)c12. The number of ether oxygens (including phenoxy) is 1. The number of fused-ring (bicyclic) bond motifs is 1. The summed E-state index contributed by atoms with van der Waals surface area (Å²) in [6, 6.07) is 6.59. The molecule has 1 atom stereocenters. The molecular formula is C20H18ClF3N3O6PS2. The standard InChI is InChI=1S/C20H18ClF3N3O6PS2/c1-11-17-16(5-4-15(18(17)21)32-7-6-25)35-19(11)36(30,31)27-10-34(28,29)33-13-3-2-12(9-26)14(8-13)20(22,23)24/h2-5,8,27H,6-7,10,25H2,1H3,(H,28,29). The van der Waals surface area contributed by atoms with Crippen LogP contribution in [0.4, 0.5) is 13.2 Å². The van der Waals surface area contributed by atoms with Gasteiger partial charge in [-0.3, -0.25) is 0 Å². The second-order valence-corrected chi connectivity index (χ2v) is 12.4. The van der Waals surface area contributed by atoms with Crippen molar-refractivity contribution >= 4 is 50.6 Å². The fourth-order valence-corrected chi connectivity index (χ4v) is 7.86. The summed E-state index contributed by atoms with van der Waals surface area (Å²) >= 11 is 7.23. The van der Waals surface area contributed by atoms with Gasteiger partial charge in [0.25, 0.3) is 10.0 Å². The zero-order valence-electron chi connectivity index (χ0n) is 18.3. The highest BCUT2D eigenvalue weighted by Crippen LogP contribution is 2.45. The van der Waals surface area contributed by atoms with Gasteiger partial charge in [-0.25, -0.2) is 13.0 Å². The van der Waals surface area contributed by atoms with Crippen LogP contribution in [0, 0.1) is 18.3 Å². The molecule has 0 aliphatic rings. The van der Waals surface area contributed by atoms with Gasteiger partial charge in [0.1, 0.15) is 28.6 Å². The Morgan fingerprint density at radius 3 is 2.61 bits per heavy atom. The number of hydrogen-bond donors (Lipinski definition) is 3. The first-order valence-electron chi connectivity index (χ1n) is 9.87. The van der Waals surface area contributed by atoms with Crippen molar-refractivity contribution in [2.24, 2.45) is 5.73 Å². The van der Waals surface area contributed by atoms with E-state index < -0.39 is 47.0 Å². The molecule has 1 aromatic heterocycles. The van der Waals surface area contributed by atoms with Crippen LogP contribution >= 0.6 is 30.5 Å². The molecule has 0 saturated carbocycles. The van der Waals surface area contributed by atoms with Gasteiger partial charge < -0.3 is 19.9 Å². The van der Waals surface area contributed by atoms with Gasteiger partial charge in [0.05, 0.1) is 22.2 Å². The van der Waals surface area contributed by atoms with Crippen LogP contribution in [-0.4, -0.2) is 32.7 Å². The van der Waals surface area contributed by atoms with Crippen LogP contribution in [0.3, 0.4) is 0 Å². The predicted molar refractivity (Wildman–Crippen MR) is 128 cm³/mol. The van der Waals surface area contributed by atoms with Gasteiger partial charge in [0.2, 0.25) is 0 Å². The van der Waals surface area contributed by atoms with Crippen molar-refractivity contribution in [1.29, 1.82) is 5.26 Å². The number of nitriles is 1. The van der Waals surface area contributed by atoms with E-state index in [-0.39, 0.29) is 27.9 Å². The second-order valence-electron chi connectivity index (χ2n) is 7.25. The zero-order chi connectivity index (χ0) is 26.9. The highest BCUT2D eigenvalue weighted by atomic mass is 35.5. The van der Waals surface area contributed by atoms with E-state index in [9.17, 15) is 31.0 Å². The number of nitrogens with two attached hydrogens (primary N) is 1. The van der Waals surface area contributed by atoms with E-state index in [1.54, 1.807) is 12.1 Å². The fraction of sp³-hybridized carbons (Fsp3) is 0.250. The van der Waals surface area contributed by atoms with Crippen LogP contribution < -0.4 is 19.7 Å². The number of benzene rings is 2. The van der Waals surface area contributed by atoms with Crippen molar-refractivity contribution in [3.05, 3.63) is 52.0 Å². The van der Waals surface area contributed by atoms with Gasteiger partial charge in [0, 0.05) is 16.6 Å². The number of aryl methyl sites for hydroxylation is 1. The van der Waals surface area contributed by atoms with Crippen LogP contribution in [0.2, 0.25) is 5.02 Å². The Balaban J connectivity index is 1.83. The topological polar surface area (TPSA) is 152 Å². The van der Waals surface area contributed by atoms with Gasteiger partial charge in [0.15, 0.2) is 0 Å². The van der Waals surface area contributed by atoms with E-state index in [0.29, 0.717) is 21.9 Å². The van der Waals surface area contributed by atoms with Gasteiger partial charge in [-0.05, 0) is 42.8 Å². The highest BCUT2D eigenvalue weighted by Gasteiger charge is 2.35. The zero-order valence-corrected chi connectivity index (χ0v) is 21.6. The summed E-state index contributed by atoms with van der Waals surface area (Å²) in [7, 11) is -9.15. The average Bonchev–Trinajstić information content (AvgIpc) is 3.14. The number of alkyl halides is 3. The molecule has 3 aromatic rings. The lowest BCUT2D eigenvalue weighted by Crippen LogP contribution is -2.25. The third kappa shape index (κ3) is 6.12. The number of thiophene rings is 1. The third-order valence-corrected chi connectivity index (χ3v) is 9.61. The molecular weight excluding hydrogens is 566 g/mol. The Bertz CT molecular complexity index is 1510. The monoisotopic (exact) mass is 583 g/mol. The minimum atomic E-state index is -4.92. The van der Waals surface area contributed by atoms with Crippen molar-refractivity contribution in [1.82, 2.24) is 4.72 Å². The minimum Gasteiger partial charge on any atom is -0.491 e. The smallest absolute Gasteiger partial charge is 0.417 e. The summed E-state index contributed by atoms with van der Waals surface area (Å²) < 4.78 is 90.1. The molecule has 0 fully saturated rings. The summed E-state index contributed by atoms with van der Waals surface area (Å²) in [5.41, 5.74) is 3.61. The number of nitrogens with one attached hydrogen (secondary N) is 1. The molecule has 0 aliphatic carbocycles. The quantitative estimate of drug-likeness (QED) is 0.309. The van der Waals surface area contributed by atoms with E-state index in [1.807, 2.05) is 4.72 Å². The molecule has 0 aliphatic heterocycles. The number of sulfonamides is 1. The molecule has 3 rings (SSSR count). The molecule has 9 nitrogen and oxygen atoms in total. The van der Waals surface area contributed by atoms with Crippen LogP contribution in [0.15, 0.2) is 34.5 Å². The molecule has 0 bridgehead atoms. The first-order valence-corrected chi connectivity index (χ1v) is 14.3. The lowest BCUT2D eigenvalue weighted by molar-refractivity contribution is -0.137. The van der Waals surface area contributed by atoms with Crippen molar-refractivity contribution < 1.29 is 40.3 Å². The van der Waals surface area contributed by atoms with E-state index in [0.717, 1.165) is 23.5 Å². The maximum atomic E-state index is 13.1. The van der Waals surface area contributed by atoms with Crippen molar-refractivity contribution in [3.8, 4) is 17.6 Å². The molecule has 1 heterocycles. The third-order valence-electron chi connectivity index (χ3n) is 4.69. The van der Waals surface area contributed by atoms with Gasteiger partial charge >= 0.3 is 13.8 Å². The predicted octanol–water partition coefficient (Wildman–Crippen LogP) is 4.59. The summed E-state index contributed by atoms with van der Waals surface area (Å²) in [6.07, 6.45) is -6.05. The Morgan fingerprint density at radius 2 is 2.00 bits per heavy atom. The first-order chi connectivity index (χ1) is 16.7. The molecule has 16 heteroatoms. The molecule has 2 aromatic carbocycles. The van der Waals surface area contributed by atoms with Crippen molar-refractivity contribution in [2.75, 3.05) is 19.4 Å². The fourth-order valence-electron chi connectivity index (χ4n) is 3.13. The van der Waals surface area contributed by atoms with Gasteiger partial charge in [-0.2, -0.15) is 23.2 Å². The summed E-state index contributed by atoms with van der Waals surface area (Å²) in [5.74, 6) is -0.359. The van der Waals surface area contributed by atoms with Gasteiger partial charge in [-0.1, -0.05) is 11.6 Å². The Kier molecular flexibility index (Phi) is 8.26. The largest absolute Gasteiger partial charge is 0.491 e. The van der Waals surface area contributed by atoms with E-state index in [4.69, 9.17) is 31.9 Å². The second kappa shape index (κ2) is 10.5. The number of nitrogens with zero attached hydrogens (tertiary/aromatic N) is 1. The normalized spacial score (nSPS) is 13.8. The lowest BCUT2D eigenvalue weighted by atomic mass is 10.1. The Labute approximate surface area is 212 Å². The Hall–Kier alpha value is -2.37. The van der Waals surface area contributed by atoms with E-state index in [1.165, 1.54) is 13.0 Å². The number of rotatable bonds is 9. The molecule has 0 saturated heterocycles. The number of hydrogen-bond acceptors (Lipinski definition) is 8. The van der Waals surface area contributed by atoms with Crippen molar-refractivity contribution in [2.45, 2.75) is 17.3 Å². The first kappa shape index (κ1) is 28.2. The van der Waals surface area contributed by atoms with Gasteiger partial charge in [-0.15, -0.1) is 11.3 Å². The molecule has 0 radical (unpaired) electrons. The van der Waals surface area contributed by atoms with Crippen LogP contribution in [0.5, 0.6) is 11.5 Å². The van der Waals surface area contributed by atoms with Crippen LogP contribution in [0.25, 0.3) is 10.1 Å². The molecule has 4 N–H and O–H groups in total. The average molecular weight is 584 g/mol. The highest BCUT2D eigenvalue weighted by molar-refractivity contribution is 7.92. The maximum absolute atomic E-state index is 13.1. The van der Waals surface area contributed by atoms with Crippen LogP contribution in [-0.2, 0) is 20.8 Å². The number of halogens is 4. The molecule has 0 spiro atoms. The molecule has 194 valence electrons. The molecule has 36 heavy (non-hydrogen) atoms. The van der Waals surface area contributed by atoms with E-state index >= 15 is 0 Å². The summed E-state index contributed by atoms with van der Waals surface area (Å²) in [4.78, 5) is 10.1. The molecule has 0 amide bonds. The lowest BCUT2D eigenvalue weighted by Gasteiger charge is -2.16. The summed E-state index contributed by atoms with van der Waals surface area (Å²) in [6.45, 7) is 1.93. The van der Waals surface area contributed by atoms with E-state index in [2.05, 4.69) is 0 Å². The minimum absolute atomic E-state index is 0.175. The van der Waals surface area contributed by atoms with Crippen LogP contribution in [0.1, 0.15) is 16.7 Å². The Morgan fingerprint density at radius 1 is 1.31 bits per heavy atom. The maximum Gasteiger partial charge on any atom is 0.417 e.